The number of piperazine rings is 1. The van der Waals surface area contributed by atoms with E-state index in [4.69, 9.17) is 4.63 Å². The highest BCUT2D eigenvalue weighted by Crippen LogP contribution is 2.32. The number of aryl methyl sites for hydroxylation is 1. The number of aromatic nitrogens is 3. The number of halogens is 1. The van der Waals surface area contributed by atoms with Gasteiger partial charge in [-0.25, -0.2) is 9.02 Å². The van der Waals surface area contributed by atoms with Gasteiger partial charge in [0.15, 0.2) is 5.69 Å². The first-order valence-corrected chi connectivity index (χ1v) is 18.0. The van der Waals surface area contributed by atoms with Crippen LogP contribution < -0.4 is 16.0 Å². The van der Waals surface area contributed by atoms with Gasteiger partial charge in [-0.05, 0) is 66.1 Å². The standard InChI is InChI=1S/C37H49FN8O5/c1-5-29-34(44-51-43-29)36(49)42-33(25-12-10-23(3)11-13-25)35(48)40-30-15-14-26(21-28(30)38)24(4)32(41-31(47)6-2)37(50)46-19-17-45(18-20-46)22-27-9-7-8-16-39-27/h7-9,14-16,21,23-25,32-33H,5-6,10-13,17-20,22H2,1-4H3,(H,40,48)(H,41,47)(H,42,49)/t23?,24-,25?,32+,33-/m0/s1. The number of hydrogen-bond acceptors (Lipinski definition) is 9. The highest BCUT2D eigenvalue weighted by Gasteiger charge is 2.36. The number of carbonyl (C=O) groups is 4. The molecule has 274 valence electrons. The summed E-state index contributed by atoms with van der Waals surface area (Å²) in [6.45, 7) is 10.4. The fraction of sp³-hybridized carbons (Fsp3) is 0.541. The predicted octanol–water partition coefficient (Wildman–Crippen LogP) is 4.07. The van der Waals surface area contributed by atoms with Crippen LogP contribution in [0.2, 0.25) is 0 Å². The molecule has 5 rings (SSSR count). The second kappa shape index (κ2) is 17.5. The topological polar surface area (TPSA) is 163 Å². The average molecular weight is 705 g/mol. The van der Waals surface area contributed by atoms with E-state index >= 15 is 4.39 Å². The number of rotatable bonds is 13. The maximum atomic E-state index is 15.8. The molecule has 3 atom stereocenters. The summed E-state index contributed by atoms with van der Waals surface area (Å²) in [5.41, 5.74) is 1.80. The molecule has 13 nitrogen and oxygen atoms in total. The van der Waals surface area contributed by atoms with Gasteiger partial charge in [0.05, 0.1) is 11.4 Å². The molecule has 3 heterocycles. The van der Waals surface area contributed by atoms with Crippen molar-refractivity contribution in [1.29, 1.82) is 0 Å². The molecular weight excluding hydrogens is 655 g/mol. The molecule has 2 aromatic heterocycles. The predicted molar refractivity (Wildman–Crippen MR) is 188 cm³/mol. The van der Waals surface area contributed by atoms with Crippen LogP contribution in [0.4, 0.5) is 10.1 Å². The Bertz CT molecular complexity index is 1650. The number of benzene rings is 1. The van der Waals surface area contributed by atoms with Gasteiger partial charge in [0, 0.05) is 51.3 Å². The molecule has 0 bridgehead atoms. The van der Waals surface area contributed by atoms with Crippen molar-refractivity contribution >= 4 is 29.3 Å². The van der Waals surface area contributed by atoms with E-state index in [9.17, 15) is 19.2 Å². The number of nitrogens with one attached hydrogen (secondary N) is 3. The minimum Gasteiger partial charge on any atom is -0.344 e. The Hall–Kier alpha value is -4.72. The lowest BCUT2D eigenvalue weighted by Crippen LogP contribution is -2.56. The van der Waals surface area contributed by atoms with Gasteiger partial charge in [0.1, 0.15) is 23.6 Å². The number of carbonyl (C=O) groups excluding carboxylic acids is 4. The van der Waals surface area contributed by atoms with Crippen molar-refractivity contribution in [3.8, 4) is 0 Å². The van der Waals surface area contributed by atoms with Crippen molar-refractivity contribution in [3.63, 3.8) is 0 Å². The van der Waals surface area contributed by atoms with Gasteiger partial charge in [-0.3, -0.25) is 29.1 Å². The summed E-state index contributed by atoms with van der Waals surface area (Å²) in [6.07, 6.45) is 5.66. The molecule has 2 aliphatic rings. The van der Waals surface area contributed by atoms with E-state index < -0.39 is 35.6 Å². The Labute approximate surface area is 298 Å². The SMILES string of the molecule is CCC(=O)N[C@@H](C(=O)N1CCN(Cc2ccccn2)CC1)[C@@H](C)c1ccc(NC(=O)[C@@H](NC(=O)c2nonc2CC)C2CCC(C)CC2)c(F)c1. The normalized spacial score (nSPS) is 19.8. The summed E-state index contributed by atoms with van der Waals surface area (Å²) in [7, 11) is 0. The van der Waals surface area contributed by atoms with Gasteiger partial charge < -0.3 is 20.9 Å². The molecule has 1 aromatic carbocycles. The second-order valence-electron chi connectivity index (χ2n) is 13.7. The summed E-state index contributed by atoms with van der Waals surface area (Å²) >= 11 is 0. The van der Waals surface area contributed by atoms with Crippen LogP contribution in [-0.4, -0.2) is 87.0 Å². The minimum atomic E-state index is -0.930. The number of anilines is 1. The molecule has 1 aliphatic heterocycles. The summed E-state index contributed by atoms with van der Waals surface area (Å²) in [5, 5.41) is 15.9. The molecule has 1 saturated heterocycles. The van der Waals surface area contributed by atoms with Gasteiger partial charge in [-0.15, -0.1) is 0 Å². The Balaban J connectivity index is 1.27. The molecule has 0 spiro atoms. The minimum absolute atomic E-state index is 0.0228. The summed E-state index contributed by atoms with van der Waals surface area (Å²) < 4.78 is 20.5. The molecule has 1 aliphatic carbocycles. The van der Waals surface area contributed by atoms with Crippen LogP contribution in [0, 0.1) is 17.7 Å². The van der Waals surface area contributed by atoms with Gasteiger partial charge >= 0.3 is 0 Å². The maximum absolute atomic E-state index is 15.8. The van der Waals surface area contributed by atoms with Crippen LogP contribution in [0.5, 0.6) is 0 Å². The average Bonchev–Trinajstić information content (AvgIpc) is 3.63. The number of amides is 4. The highest BCUT2D eigenvalue weighted by molar-refractivity contribution is 6.01. The zero-order valence-corrected chi connectivity index (χ0v) is 29.9. The quantitative estimate of drug-likeness (QED) is 0.238. The van der Waals surface area contributed by atoms with Crippen molar-refractivity contribution in [2.75, 3.05) is 31.5 Å². The van der Waals surface area contributed by atoms with E-state index in [0.717, 1.165) is 31.4 Å². The van der Waals surface area contributed by atoms with E-state index in [2.05, 4.69) is 43.1 Å². The van der Waals surface area contributed by atoms with E-state index in [1.165, 1.54) is 12.1 Å². The van der Waals surface area contributed by atoms with Crippen molar-refractivity contribution in [1.82, 2.24) is 35.7 Å². The van der Waals surface area contributed by atoms with Crippen molar-refractivity contribution in [3.05, 3.63) is 71.1 Å². The lowest BCUT2D eigenvalue weighted by molar-refractivity contribution is -0.138. The molecule has 1 saturated carbocycles. The third-order valence-corrected chi connectivity index (χ3v) is 10.2. The molecule has 0 unspecified atom stereocenters. The molecule has 3 aromatic rings. The van der Waals surface area contributed by atoms with Crippen molar-refractivity contribution in [2.24, 2.45) is 11.8 Å². The third-order valence-electron chi connectivity index (χ3n) is 10.2. The van der Waals surface area contributed by atoms with E-state index in [-0.39, 0.29) is 35.5 Å². The fourth-order valence-electron chi connectivity index (χ4n) is 6.88. The van der Waals surface area contributed by atoms with E-state index in [1.54, 1.807) is 31.0 Å². The largest absolute Gasteiger partial charge is 0.344 e. The van der Waals surface area contributed by atoms with Crippen molar-refractivity contribution in [2.45, 2.75) is 90.8 Å². The van der Waals surface area contributed by atoms with Crippen LogP contribution in [0.1, 0.15) is 93.2 Å². The molecule has 14 heteroatoms. The zero-order chi connectivity index (χ0) is 36.5. The molecule has 4 amide bonds. The second-order valence-corrected chi connectivity index (χ2v) is 13.7. The van der Waals surface area contributed by atoms with Crippen LogP contribution in [0.15, 0.2) is 47.2 Å². The van der Waals surface area contributed by atoms with Crippen LogP contribution >= 0.6 is 0 Å². The van der Waals surface area contributed by atoms with Gasteiger partial charge in [0.2, 0.25) is 17.7 Å². The first kappa shape index (κ1) is 37.5. The van der Waals surface area contributed by atoms with Crippen molar-refractivity contribution < 1.29 is 28.2 Å². The summed E-state index contributed by atoms with van der Waals surface area (Å²) in [6, 6.07) is 8.34. The summed E-state index contributed by atoms with van der Waals surface area (Å²) in [5.74, 6) is -2.52. The Morgan fingerprint density at radius 3 is 2.37 bits per heavy atom. The number of hydrogen-bond donors (Lipinski definition) is 3. The Kier molecular flexibility index (Phi) is 12.9. The molecular formula is C37H49FN8O5. The van der Waals surface area contributed by atoms with Gasteiger partial charge in [0.25, 0.3) is 5.91 Å². The zero-order valence-electron chi connectivity index (χ0n) is 29.9. The van der Waals surface area contributed by atoms with Gasteiger partial charge in [-0.1, -0.05) is 57.8 Å². The monoisotopic (exact) mass is 704 g/mol. The van der Waals surface area contributed by atoms with Crippen LogP contribution in [0.25, 0.3) is 0 Å². The third kappa shape index (κ3) is 9.54. The van der Waals surface area contributed by atoms with Crippen LogP contribution in [-0.2, 0) is 27.3 Å². The maximum Gasteiger partial charge on any atom is 0.276 e. The number of nitrogens with zero attached hydrogens (tertiary/aromatic N) is 5. The highest BCUT2D eigenvalue weighted by atomic mass is 19.1. The van der Waals surface area contributed by atoms with Crippen LogP contribution in [0.3, 0.4) is 0 Å². The summed E-state index contributed by atoms with van der Waals surface area (Å²) in [4.78, 5) is 61.7. The Morgan fingerprint density at radius 2 is 1.73 bits per heavy atom. The fourth-order valence-corrected chi connectivity index (χ4v) is 6.88. The molecule has 0 radical (unpaired) electrons. The first-order chi connectivity index (χ1) is 24.6. The lowest BCUT2D eigenvalue weighted by atomic mass is 9.79. The molecule has 51 heavy (non-hydrogen) atoms. The van der Waals surface area contributed by atoms with E-state index in [1.807, 2.05) is 25.1 Å². The lowest BCUT2D eigenvalue weighted by Gasteiger charge is -2.37. The smallest absolute Gasteiger partial charge is 0.276 e. The van der Waals surface area contributed by atoms with Gasteiger partial charge in [-0.2, -0.15) is 0 Å². The molecule has 2 fully saturated rings. The molecule has 3 N–H and O–H groups in total. The van der Waals surface area contributed by atoms with E-state index in [0.29, 0.717) is 56.3 Å². The first-order valence-electron chi connectivity index (χ1n) is 18.0. The Morgan fingerprint density at radius 1 is 0.980 bits per heavy atom. The number of pyridine rings is 1.